The Balaban J connectivity index is 2.10. The topological polar surface area (TPSA) is 29.5 Å². The van der Waals surface area contributed by atoms with Gasteiger partial charge in [0.25, 0.3) is 0 Å². The largest absolute Gasteiger partial charge is 0.353 e. The molecule has 3 aromatic rings. The average molecular weight is 359 g/mol. The van der Waals surface area contributed by atoms with Gasteiger partial charge in [-0.1, -0.05) is 91.0 Å². The van der Waals surface area contributed by atoms with E-state index in [2.05, 4.69) is 0 Å². The predicted octanol–water partition coefficient (Wildman–Crippen LogP) is 4.28. The van der Waals surface area contributed by atoms with Crippen LogP contribution in [0.4, 0.5) is 0 Å². The Morgan fingerprint density at radius 2 is 1.22 bits per heavy atom. The van der Waals surface area contributed by atoms with Gasteiger partial charge in [0, 0.05) is 0 Å². The van der Waals surface area contributed by atoms with Crippen LogP contribution in [0.5, 0.6) is 0 Å². The molecule has 0 saturated carbocycles. The number of Topliss-reactive ketones (excluding diaryl/α,β-unsaturated/α-hetero) is 1. The highest BCUT2D eigenvalue weighted by Crippen LogP contribution is 2.36. The van der Waals surface area contributed by atoms with Crippen molar-refractivity contribution in [2.45, 2.75) is 12.2 Å². The Hall–Kier alpha value is -2.75. The van der Waals surface area contributed by atoms with E-state index in [1.54, 1.807) is 0 Å². The second kappa shape index (κ2) is 8.76. The van der Waals surface area contributed by atoms with E-state index in [-0.39, 0.29) is 5.78 Å². The van der Waals surface area contributed by atoms with Gasteiger partial charge in [-0.2, -0.15) is 0 Å². The summed E-state index contributed by atoms with van der Waals surface area (Å²) in [6.07, 6.45) is 0. The minimum Gasteiger partial charge on any atom is -0.353 e. The number of ether oxygens (including phenoxy) is 1. The highest BCUT2D eigenvalue weighted by Gasteiger charge is 2.42. The second-order valence-electron chi connectivity index (χ2n) is 6.85. The van der Waals surface area contributed by atoms with Crippen molar-refractivity contribution in [1.29, 1.82) is 0 Å². The molecule has 3 aromatic carbocycles. The Bertz CT molecular complexity index is 806. The van der Waals surface area contributed by atoms with Crippen LogP contribution in [0.15, 0.2) is 91.0 Å². The number of carbonyl (C=O) groups excluding carboxylic acids is 1. The number of carbonyl (C=O) groups is 1. The van der Waals surface area contributed by atoms with E-state index < -0.39 is 5.60 Å². The fraction of sp³-hybridized carbons (Fsp3) is 0.208. The summed E-state index contributed by atoms with van der Waals surface area (Å²) in [6, 6.07) is 29.5. The quantitative estimate of drug-likeness (QED) is 0.601. The maximum absolute atomic E-state index is 13.5. The van der Waals surface area contributed by atoms with Gasteiger partial charge in [0.2, 0.25) is 0 Å². The van der Waals surface area contributed by atoms with Crippen LogP contribution in [-0.4, -0.2) is 31.3 Å². The monoisotopic (exact) mass is 359 g/mol. The molecule has 0 aliphatic heterocycles. The van der Waals surface area contributed by atoms with Gasteiger partial charge in [0.15, 0.2) is 11.4 Å². The lowest BCUT2D eigenvalue weighted by Crippen LogP contribution is -2.44. The summed E-state index contributed by atoms with van der Waals surface area (Å²) in [5.41, 5.74) is 1.58. The smallest absolute Gasteiger partial charge is 0.187 e. The number of hydrogen-bond acceptors (Lipinski definition) is 3. The lowest BCUT2D eigenvalue weighted by molar-refractivity contribution is -0.143. The number of likely N-dealkylation sites (N-methyl/N-ethyl adjacent to an activating group) is 1. The molecule has 27 heavy (non-hydrogen) atoms. The summed E-state index contributed by atoms with van der Waals surface area (Å²) in [5.74, 6) is 0.0147. The Morgan fingerprint density at radius 1 is 0.778 bits per heavy atom. The highest BCUT2D eigenvalue weighted by atomic mass is 16.5. The van der Waals surface area contributed by atoms with Gasteiger partial charge in [-0.25, -0.2) is 0 Å². The molecule has 0 heterocycles. The van der Waals surface area contributed by atoms with Crippen molar-refractivity contribution in [1.82, 2.24) is 4.90 Å². The number of benzene rings is 3. The van der Waals surface area contributed by atoms with E-state index in [0.29, 0.717) is 13.2 Å². The van der Waals surface area contributed by atoms with Gasteiger partial charge >= 0.3 is 0 Å². The van der Waals surface area contributed by atoms with Gasteiger partial charge in [-0.05, 0) is 30.8 Å². The number of rotatable bonds is 8. The van der Waals surface area contributed by atoms with Crippen molar-refractivity contribution >= 4 is 5.78 Å². The van der Waals surface area contributed by atoms with E-state index in [4.69, 9.17) is 4.74 Å². The summed E-state index contributed by atoms with van der Waals surface area (Å²) < 4.78 is 6.47. The molecule has 0 saturated heterocycles. The Morgan fingerprint density at radius 3 is 1.67 bits per heavy atom. The third-order valence-corrected chi connectivity index (χ3v) is 4.51. The van der Waals surface area contributed by atoms with Crippen LogP contribution in [0.3, 0.4) is 0 Å². The zero-order valence-electron chi connectivity index (χ0n) is 15.8. The molecule has 0 aromatic heterocycles. The molecule has 0 radical (unpaired) electrons. The van der Waals surface area contributed by atoms with E-state index in [0.717, 1.165) is 16.7 Å². The van der Waals surface area contributed by atoms with E-state index in [9.17, 15) is 4.79 Å². The highest BCUT2D eigenvalue weighted by molar-refractivity contribution is 5.93. The third-order valence-electron chi connectivity index (χ3n) is 4.51. The zero-order valence-corrected chi connectivity index (χ0v) is 15.8. The third kappa shape index (κ3) is 4.33. The lowest BCUT2D eigenvalue weighted by atomic mass is 9.82. The van der Waals surface area contributed by atoms with Crippen molar-refractivity contribution < 1.29 is 9.53 Å². The summed E-state index contributed by atoms with van der Waals surface area (Å²) >= 11 is 0. The minimum atomic E-state index is -1.15. The fourth-order valence-corrected chi connectivity index (χ4v) is 3.25. The molecule has 3 rings (SSSR count). The first kappa shape index (κ1) is 19.0. The molecule has 3 heteroatoms. The van der Waals surface area contributed by atoms with Crippen LogP contribution in [-0.2, 0) is 21.7 Å². The molecule has 138 valence electrons. The minimum absolute atomic E-state index is 0.0147. The van der Waals surface area contributed by atoms with Crippen LogP contribution in [0, 0.1) is 0 Å². The molecule has 0 bridgehead atoms. The van der Waals surface area contributed by atoms with E-state index in [1.165, 1.54) is 0 Å². The lowest BCUT2D eigenvalue weighted by Gasteiger charge is -2.34. The molecule has 0 atom stereocenters. The van der Waals surface area contributed by atoms with Gasteiger partial charge < -0.3 is 9.64 Å². The van der Waals surface area contributed by atoms with E-state index >= 15 is 0 Å². The van der Waals surface area contributed by atoms with Gasteiger partial charge in [0.1, 0.15) is 0 Å². The van der Waals surface area contributed by atoms with E-state index in [1.807, 2.05) is 110 Å². The predicted molar refractivity (Wildman–Crippen MR) is 108 cm³/mol. The summed E-state index contributed by atoms with van der Waals surface area (Å²) in [4.78, 5) is 15.4. The van der Waals surface area contributed by atoms with Crippen molar-refractivity contribution in [3.63, 3.8) is 0 Å². The molecule has 0 spiro atoms. The molecule has 0 unspecified atom stereocenters. The molecule has 0 aliphatic rings. The first-order chi connectivity index (χ1) is 13.1. The number of nitrogens with zero attached hydrogens (tertiary/aromatic N) is 1. The fourth-order valence-electron chi connectivity index (χ4n) is 3.25. The zero-order chi connectivity index (χ0) is 19.1. The van der Waals surface area contributed by atoms with Gasteiger partial charge in [-0.3, -0.25) is 4.79 Å². The van der Waals surface area contributed by atoms with Crippen LogP contribution in [0.2, 0.25) is 0 Å². The SMILES string of the molecule is CN(C)CC(=O)C(OCc1ccccc1)(c1ccccc1)c1ccccc1. The standard InChI is InChI=1S/C24H25NO2/c1-25(2)18-23(26)24(21-14-8-4-9-15-21,22-16-10-5-11-17-22)27-19-20-12-6-3-7-13-20/h3-17H,18-19H2,1-2H3. The van der Waals surface area contributed by atoms with Crippen molar-refractivity contribution in [3.05, 3.63) is 108 Å². The first-order valence-electron chi connectivity index (χ1n) is 9.10. The normalized spacial score (nSPS) is 11.5. The number of ketones is 1. The molecule has 0 N–H and O–H groups in total. The Kier molecular flexibility index (Phi) is 6.17. The molecule has 0 aliphatic carbocycles. The molecule has 0 amide bonds. The van der Waals surface area contributed by atoms with Crippen molar-refractivity contribution in [2.75, 3.05) is 20.6 Å². The number of hydrogen-bond donors (Lipinski definition) is 0. The van der Waals surface area contributed by atoms with Crippen LogP contribution in [0.1, 0.15) is 16.7 Å². The van der Waals surface area contributed by atoms with Crippen molar-refractivity contribution in [3.8, 4) is 0 Å². The van der Waals surface area contributed by atoms with Gasteiger partial charge in [0.05, 0.1) is 13.2 Å². The Labute approximate surface area is 161 Å². The summed E-state index contributed by atoms with van der Waals surface area (Å²) in [7, 11) is 3.80. The van der Waals surface area contributed by atoms with Crippen molar-refractivity contribution in [2.24, 2.45) is 0 Å². The molecule has 0 fully saturated rings. The molecule has 3 nitrogen and oxygen atoms in total. The maximum Gasteiger partial charge on any atom is 0.187 e. The van der Waals surface area contributed by atoms with Crippen LogP contribution in [0.25, 0.3) is 0 Å². The van der Waals surface area contributed by atoms with Crippen LogP contribution < -0.4 is 0 Å². The molecular formula is C24H25NO2. The maximum atomic E-state index is 13.5. The molecular weight excluding hydrogens is 334 g/mol. The first-order valence-corrected chi connectivity index (χ1v) is 9.10. The summed E-state index contributed by atoms with van der Waals surface area (Å²) in [6.45, 7) is 0.641. The van der Waals surface area contributed by atoms with Gasteiger partial charge in [-0.15, -0.1) is 0 Å². The summed E-state index contributed by atoms with van der Waals surface area (Å²) in [5, 5.41) is 0. The second-order valence-corrected chi connectivity index (χ2v) is 6.85. The van der Waals surface area contributed by atoms with Crippen LogP contribution >= 0.6 is 0 Å². The average Bonchev–Trinajstić information content (AvgIpc) is 2.70.